The van der Waals surface area contributed by atoms with Gasteiger partial charge in [-0.3, -0.25) is 4.79 Å². The van der Waals surface area contributed by atoms with E-state index in [4.69, 9.17) is 5.11 Å². The fourth-order valence-corrected chi connectivity index (χ4v) is 0.973. The van der Waals surface area contributed by atoms with E-state index in [2.05, 4.69) is 10.1 Å². The number of aliphatic hydroxyl groups excluding tert-OH is 1. The number of rotatable bonds is 6. The molecule has 0 rings (SSSR count). The lowest BCUT2D eigenvalue weighted by Crippen LogP contribution is -2.41. The maximum Gasteiger partial charge on any atom is 0.306 e. The number of carbonyl (C=O) groups excluding carboxylic acids is 1. The standard InChI is InChI=1S/C9H19NO3/c1-9(2,5-7-11)10-6-4-8(12)13-3/h10-11H,4-7H2,1-3H3. The van der Waals surface area contributed by atoms with E-state index in [-0.39, 0.29) is 18.1 Å². The number of carbonyl (C=O) groups is 1. The second-order valence-electron chi connectivity index (χ2n) is 3.61. The highest BCUT2D eigenvalue weighted by Gasteiger charge is 2.15. The van der Waals surface area contributed by atoms with Gasteiger partial charge in [-0.15, -0.1) is 0 Å². The van der Waals surface area contributed by atoms with Gasteiger partial charge in [0, 0.05) is 18.7 Å². The largest absolute Gasteiger partial charge is 0.469 e. The van der Waals surface area contributed by atoms with Crippen molar-refractivity contribution in [3.63, 3.8) is 0 Å². The highest BCUT2D eigenvalue weighted by molar-refractivity contribution is 5.69. The van der Waals surface area contributed by atoms with Crippen LogP contribution in [0.5, 0.6) is 0 Å². The first-order chi connectivity index (χ1) is 6.02. The van der Waals surface area contributed by atoms with E-state index in [0.717, 1.165) is 0 Å². The maximum atomic E-state index is 10.7. The van der Waals surface area contributed by atoms with Crippen LogP contribution in [0.4, 0.5) is 0 Å². The van der Waals surface area contributed by atoms with Crippen molar-refractivity contribution >= 4 is 5.97 Å². The van der Waals surface area contributed by atoms with Gasteiger partial charge in [-0.25, -0.2) is 0 Å². The van der Waals surface area contributed by atoms with E-state index in [1.54, 1.807) is 0 Å². The molecule has 0 atom stereocenters. The Morgan fingerprint density at radius 3 is 2.62 bits per heavy atom. The monoisotopic (exact) mass is 189 g/mol. The molecule has 4 heteroatoms. The van der Waals surface area contributed by atoms with Gasteiger partial charge in [-0.05, 0) is 20.3 Å². The predicted octanol–water partition coefficient (Wildman–Crippen LogP) is 0.300. The van der Waals surface area contributed by atoms with Gasteiger partial charge in [0.15, 0.2) is 0 Å². The molecule has 4 nitrogen and oxygen atoms in total. The van der Waals surface area contributed by atoms with Crippen LogP contribution in [0, 0.1) is 0 Å². The molecule has 0 aliphatic carbocycles. The molecule has 0 amide bonds. The van der Waals surface area contributed by atoms with Gasteiger partial charge < -0.3 is 15.2 Å². The van der Waals surface area contributed by atoms with E-state index in [1.165, 1.54) is 7.11 Å². The van der Waals surface area contributed by atoms with Crippen molar-refractivity contribution in [2.75, 3.05) is 20.3 Å². The summed E-state index contributed by atoms with van der Waals surface area (Å²) in [5, 5.41) is 11.9. The Hall–Kier alpha value is -0.610. The van der Waals surface area contributed by atoms with Crippen LogP contribution in [0.1, 0.15) is 26.7 Å². The Morgan fingerprint density at radius 2 is 2.15 bits per heavy atom. The van der Waals surface area contributed by atoms with E-state index >= 15 is 0 Å². The summed E-state index contributed by atoms with van der Waals surface area (Å²) in [4.78, 5) is 10.7. The van der Waals surface area contributed by atoms with Gasteiger partial charge in [-0.1, -0.05) is 0 Å². The number of nitrogens with one attached hydrogen (secondary N) is 1. The average molecular weight is 189 g/mol. The van der Waals surface area contributed by atoms with E-state index in [9.17, 15) is 4.79 Å². The number of ether oxygens (including phenoxy) is 1. The molecular formula is C9H19NO3. The summed E-state index contributed by atoms with van der Waals surface area (Å²) in [6.45, 7) is 4.71. The Morgan fingerprint density at radius 1 is 1.54 bits per heavy atom. The summed E-state index contributed by atoms with van der Waals surface area (Å²) in [7, 11) is 1.38. The smallest absolute Gasteiger partial charge is 0.306 e. The Bertz CT molecular complexity index is 157. The van der Waals surface area contributed by atoms with Crippen LogP contribution >= 0.6 is 0 Å². The zero-order chi connectivity index (χ0) is 10.3. The third-order valence-electron chi connectivity index (χ3n) is 1.90. The first kappa shape index (κ1) is 12.4. The lowest BCUT2D eigenvalue weighted by atomic mass is 10.0. The molecule has 2 N–H and O–H groups in total. The van der Waals surface area contributed by atoms with Gasteiger partial charge in [0.1, 0.15) is 0 Å². The van der Waals surface area contributed by atoms with Crippen LogP contribution in [0.25, 0.3) is 0 Å². The first-order valence-electron chi connectivity index (χ1n) is 4.44. The molecule has 0 fully saturated rings. The second-order valence-corrected chi connectivity index (χ2v) is 3.61. The number of hydrogen-bond acceptors (Lipinski definition) is 4. The summed E-state index contributed by atoms with van der Waals surface area (Å²) >= 11 is 0. The summed E-state index contributed by atoms with van der Waals surface area (Å²) in [5.41, 5.74) is -0.122. The molecule has 78 valence electrons. The Balaban J connectivity index is 3.56. The van der Waals surface area contributed by atoms with Crippen LogP contribution in [0.3, 0.4) is 0 Å². The third-order valence-corrected chi connectivity index (χ3v) is 1.90. The van der Waals surface area contributed by atoms with E-state index < -0.39 is 0 Å². The van der Waals surface area contributed by atoms with Gasteiger partial charge in [0.2, 0.25) is 0 Å². The number of esters is 1. The molecule has 0 aromatic rings. The van der Waals surface area contributed by atoms with Crippen molar-refractivity contribution in [1.29, 1.82) is 0 Å². The van der Waals surface area contributed by atoms with Crippen LogP contribution in [-0.2, 0) is 9.53 Å². The molecule has 0 unspecified atom stereocenters. The molecule has 0 aromatic carbocycles. The first-order valence-corrected chi connectivity index (χ1v) is 4.44. The SMILES string of the molecule is COC(=O)CCNC(C)(C)CCO. The molecule has 0 bridgehead atoms. The van der Waals surface area contributed by atoms with Gasteiger partial charge in [0.25, 0.3) is 0 Å². The average Bonchev–Trinajstić information content (AvgIpc) is 2.03. The highest BCUT2D eigenvalue weighted by atomic mass is 16.5. The normalized spacial score (nSPS) is 11.4. The molecule has 0 saturated heterocycles. The van der Waals surface area contributed by atoms with Crippen molar-refractivity contribution in [2.24, 2.45) is 0 Å². The molecule has 13 heavy (non-hydrogen) atoms. The van der Waals surface area contributed by atoms with E-state index in [0.29, 0.717) is 19.4 Å². The molecule has 0 spiro atoms. The molecule has 0 aliphatic heterocycles. The topological polar surface area (TPSA) is 58.6 Å². The van der Waals surface area contributed by atoms with Crippen molar-refractivity contribution < 1.29 is 14.6 Å². The van der Waals surface area contributed by atoms with Crippen molar-refractivity contribution in [3.8, 4) is 0 Å². The van der Waals surface area contributed by atoms with Gasteiger partial charge in [0.05, 0.1) is 13.5 Å². The van der Waals surface area contributed by atoms with Gasteiger partial charge in [-0.2, -0.15) is 0 Å². The zero-order valence-corrected chi connectivity index (χ0v) is 8.59. The van der Waals surface area contributed by atoms with Crippen molar-refractivity contribution in [3.05, 3.63) is 0 Å². The van der Waals surface area contributed by atoms with Crippen molar-refractivity contribution in [1.82, 2.24) is 5.32 Å². The predicted molar refractivity (Wildman–Crippen MR) is 50.4 cm³/mol. The molecule has 0 radical (unpaired) electrons. The maximum absolute atomic E-state index is 10.7. The fourth-order valence-electron chi connectivity index (χ4n) is 0.973. The lowest BCUT2D eigenvalue weighted by molar-refractivity contribution is -0.140. The number of methoxy groups -OCH3 is 1. The molecule has 0 heterocycles. The minimum absolute atomic E-state index is 0.122. The summed E-state index contributed by atoms with van der Waals surface area (Å²) < 4.78 is 4.50. The van der Waals surface area contributed by atoms with Crippen molar-refractivity contribution in [2.45, 2.75) is 32.2 Å². The third kappa shape index (κ3) is 6.54. The molecule has 0 saturated carbocycles. The number of hydrogen-bond donors (Lipinski definition) is 2. The summed E-state index contributed by atoms with van der Waals surface area (Å²) in [6.07, 6.45) is 1.04. The van der Waals surface area contributed by atoms with Gasteiger partial charge >= 0.3 is 5.97 Å². The van der Waals surface area contributed by atoms with Crippen LogP contribution < -0.4 is 5.32 Å². The molecule has 0 aliphatic rings. The fraction of sp³-hybridized carbons (Fsp3) is 0.889. The highest BCUT2D eigenvalue weighted by Crippen LogP contribution is 2.06. The zero-order valence-electron chi connectivity index (χ0n) is 8.59. The van der Waals surface area contributed by atoms with E-state index in [1.807, 2.05) is 13.8 Å². The van der Waals surface area contributed by atoms with Crippen LogP contribution in [0.2, 0.25) is 0 Å². The summed E-state index contributed by atoms with van der Waals surface area (Å²) in [6, 6.07) is 0. The van der Waals surface area contributed by atoms with Crippen LogP contribution in [-0.4, -0.2) is 36.9 Å². The summed E-state index contributed by atoms with van der Waals surface area (Å²) in [5.74, 6) is -0.215. The number of aliphatic hydroxyl groups is 1. The molecular weight excluding hydrogens is 170 g/mol. The Labute approximate surface area is 79.3 Å². The second kappa shape index (κ2) is 5.94. The minimum Gasteiger partial charge on any atom is -0.469 e. The lowest BCUT2D eigenvalue weighted by Gasteiger charge is -2.25. The minimum atomic E-state index is -0.215. The quantitative estimate of drug-likeness (QED) is 0.590. The van der Waals surface area contributed by atoms with Crippen LogP contribution in [0.15, 0.2) is 0 Å². The molecule has 0 aromatic heterocycles. The Kier molecular flexibility index (Phi) is 5.66.